The van der Waals surface area contributed by atoms with Gasteiger partial charge in [-0.05, 0) is 19.1 Å². The number of alkyl halides is 3. The van der Waals surface area contributed by atoms with Crippen molar-refractivity contribution >= 4 is 17.7 Å². The molecule has 1 aliphatic heterocycles. The van der Waals surface area contributed by atoms with Crippen LogP contribution in [0, 0.1) is 5.21 Å². The van der Waals surface area contributed by atoms with Crippen LogP contribution in [-0.2, 0) is 6.30 Å². The fourth-order valence-corrected chi connectivity index (χ4v) is 3.74. The van der Waals surface area contributed by atoms with Gasteiger partial charge in [-0.2, -0.15) is 14.8 Å². The Morgan fingerprint density at radius 3 is 2.87 bits per heavy atom. The zero-order valence-electron chi connectivity index (χ0n) is 12.4. The van der Waals surface area contributed by atoms with Gasteiger partial charge in [-0.25, -0.2) is 0 Å². The Hall–Kier alpha value is -1.52. The van der Waals surface area contributed by atoms with Gasteiger partial charge in [0.05, 0.1) is 18.4 Å². The Bertz CT molecular complexity index is 685. The second-order valence-electron chi connectivity index (χ2n) is 5.46. The van der Waals surface area contributed by atoms with Gasteiger partial charge in [0, 0.05) is 24.4 Å². The van der Waals surface area contributed by atoms with Crippen molar-refractivity contribution in [1.82, 2.24) is 24.4 Å². The third-order valence-electron chi connectivity index (χ3n) is 3.99. The first-order valence-corrected chi connectivity index (χ1v) is 8.43. The van der Waals surface area contributed by atoms with Gasteiger partial charge in [0.1, 0.15) is 5.37 Å². The lowest BCUT2D eigenvalue weighted by Gasteiger charge is -2.47. The monoisotopic (exact) mass is 347 g/mol. The predicted octanol–water partition coefficient (Wildman–Crippen LogP) is 3.43. The lowest BCUT2D eigenvalue weighted by Crippen LogP contribution is -2.53. The first-order valence-electron chi connectivity index (χ1n) is 7.14. The van der Waals surface area contributed by atoms with Crippen LogP contribution in [0.2, 0.25) is 0 Å². The highest BCUT2D eigenvalue weighted by atomic mass is 32.2. The molecule has 1 saturated heterocycles. The number of hydrogen-bond donors (Lipinski definition) is 1. The van der Waals surface area contributed by atoms with Crippen LogP contribution >= 0.6 is 11.8 Å². The van der Waals surface area contributed by atoms with E-state index in [1.54, 1.807) is 0 Å². The van der Waals surface area contributed by atoms with Gasteiger partial charge in [-0.3, -0.25) is 9.63 Å². The number of hydrogen-bond acceptors (Lipinski definition) is 4. The number of aromatic nitrogens is 4. The van der Waals surface area contributed by atoms with Crippen molar-refractivity contribution in [1.29, 1.82) is 0 Å². The molecule has 0 radical (unpaired) electrons. The normalized spacial score (nSPS) is 25.7. The van der Waals surface area contributed by atoms with Crippen LogP contribution in [0.1, 0.15) is 19.3 Å². The number of H-pyrrole nitrogens is 1. The van der Waals surface area contributed by atoms with Crippen LogP contribution in [0.5, 0.6) is 0 Å². The van der Waals surface area contributed by atoms with Crippen LogP contribution in [0.15, 0.2) is 18.6 Å². The third kappa shape index (κ3) is 2.98. The summed E-state index contributed by atoms with van der Waals surface area (Å²) in [6.07, 6.45) is 3.33. The molecule has 1 N–H and O–H groups in total. The van der Waals surface area contributed by atoms with Crippen molar-refractivity contribution in [2.45, 2.75) is 30.9 Å². The molecular formula is C13H16F3N5OS. The summed E-state index contributed by atoms with van der Waals surface area (Å²) < 4.78 is 37.1. The number of quaternary nitrogens is 1. The summed E-state index contributed by atoms with van der Waals surface area (Å²) in [5.74, 6) is 0.235. The summed E-state index contributed by atoms with van der Waals surface area (Å²) in [6.45, 7) is 0.417. The molecule has 2 aromatic rings. The minimum Gasteiger partial charge on any atom is -0.624 e. The summed E-state index contributed by atoms with van der Waals surface area (Å²) >= 11 is 1.49. The van der Waals surface area contributed by atoms with E-state index in [1.807, 2.05) is 6.26 Å². The number of hydroxylamine groups is 2. The molecule has 3 rings (SSSR count). The minimum absolute atomic E-state index is 0.0795. The van der Waals surface area contributed by atoms with Gasteiger partial charge < -0.3 is 5.21 Å². The first kappa shape index (κ1) is 16.3. The predicted molar refractivity (Wildman–Crippen MR) is 82.3 cm³/mol. The van der Waals surface area contributed by atoms with E-state index in [0.29, 0.717) is 6.54 Å². The highest BCUT2D eigenvalue weighted by Crippen LogP contribution is 2.36. The average molecular weight is 347 g/mol. The fraction of sp³-hybridized carbons (Fsp3) is 0.538. The molecule has 126 valence electrons. The van der Waals surface area contributed by atoms with Gasteiger partial charge in [0.15, 0.2) is 0 Å². The second kappa shape index (κ2) is 5.84. The van der Waals surface area contributed by atoms with Gasteiger partial charge in [0.2, 0.25) is 0 Å². The highest BCUT2D eigenvalue weighted by molar-refractivity contribution is 7.99. The van der Waals surface area contributed by atoms with Crippen LogP contribution in [0.25, 0.3) is 11.3 Å². The largest absolute Gasteiger partial charge is 0.624 e. The zero-order valence-corrected chi connectivity index (χ0v) is 13.2. The van der Waals surface area contributed by atoms with Gasteiger partial charge in [-0.1, -0.05) is 0 Å². The number of nitrogens with one attached hydrogen (secondary N) is 1. The number of halogens is 3. The molecule has 1 aliphatic rings. The molecule has 0 saturated carbocycles. The van der Waals surface area contributed by atoms with Crippen molar-refractivity contribution in [3.63, 3.8) is 0 Å². The number of piperidine rings is 1. The van der Waals surface area contributed by atoms with E-state index >= 15 is 0 Å². The lowest BCUT2D eigenvalue weighted by atomic mass is 10.1. The van der Waals surface area contributed by atoms with E-state index in [4.69, 9.17) is 0 Å². The summed E-state index contributed by atoms with van der Waals surface area (Å²) in [7, 11) is 0. The highest BCUT2D eigenvalue weighted by Gasteiger charge is 2.36. The van der Waals surface area contributed by atoms with Gasteiger partial charge >= 0.3 is 12.2 Å². The number of aromatic amines is 1. The van der Waals surface area contributed by atoms with E-state index in [9.17, 15) is 18.4 Å². The van der Waals surface area contributed by atoms with Crippen LogP contribution in [-0.4, -0.2) is 37.9 Å². The summed E-state index contributed by atoms with van der Waals surface area (Å²) in [5.41, 5.74) is 0.503. The fourth-order valence-electron chi connectivity index (χ4n) is 2.80. The van der Waals surface area contributed by atoms with Crippen LogP contribution < -0.4 is 4.65 Å². The molecule has 2 aromatic heterocycles. The minimum atomic E-state index is -4.57. The van der Waals surface area contributed by atoms with Gasteiger partial charge in [0.25, 0.3) is 0 Å². The Morgan fingerprint density at radius 2 is 2.22 bits per heavy atom. The molecule has 3 heterocycles. The molecule has 0 spiro atoms. The molecule has 0 amide bonds. The van der Waals surface area contributed by atoms with E-state index in [1.165, 1.54) is 18.0 Å². The van der Waals surface area contributed by atoms with Crippen molar-refractivity contribution in [3.05, 3.63) is 23.8 Å². The van der Waals surface area contributed by atoms with Crippen LogP contribution in [0.4, 0.5) is 19.1 Å². The maximum atomic E-state index is 13.1. The van der Waals surface area contributed by atoms with Crippen molar-refractivity contribution in [2.24, 2.45) is 0 Å². The van der Waals surface area contributed by atoms with Crippen molar-refractivity contribution < 1.29 is 13.2 Å². The molecule has 10 heteroatoms. The van der Waals surface area contributed by atoms with E-state index < -0.39 is 10.9 Å². The number of nitrogens with zero attached hydrogens (tertiary/aromatic N) is 4. The van der Waals surface area contributed by atoms with E-state index in [0.717, 1.165) is 31.7 Å². The summed E-state index contributed by atoms with van der Waals surface area (Å²) in [4.78, 5) is 7.08. The maximum absolute atomic E-state index is 13.1. The summed E-state index contributed by atoms with van der Waals surface area (Å²) in [6, 6.07) is 0. The quantitative estimate of drug-likeness (QED) is 0.682. The molecular weight excluding hydrogens is 331 g/mol. The Labute approximate surface area is 134 Å². The first-order chi connectivity index (χ1) is 10.8. The average Bonchev–Trinajstić information content (AvgIpc) is 3.16. The molecule has 2 unspecified atom stereocenters. The number of thioether (sulfide) groups is 1. The van der Waals surface area contributed by atoms with Crippen molar-refractivity contribution in [3.8, 4) is 11.3 Å². The standard InChI is InChI=1S/C13H16F3N5OS/c1-23-11-4-2-3-5-21(11,22)12-17-7-10(19-12)9-6-18-20(8-9)13(14,15)16/h6-8,11H,2-5H2,1H3,(H,17,19). The molecule has 23 heavy (non-hydrogen) atoms. The molecule has 0 bridgehead atoms. The number of imidazole rings is 1. The molecule has 2 atom stereocenters. The molecule has 0 aliphatic carbocycles. The maximum Gasteiger partial charge on any atom is 0.504 e. The number of rotatable bonds is 3. The lowest BCUT2D eigenvalue weighted by molar-refractivity contribution is -0.212. The third-order valence-corrected chi connectivity index (χ3v) is 5.11. The zero-order chi connectivity index (χ0) is 16.7. The molecule has 6 nitrogen and oxygen atoms in total. The molecule has 1 fully saturated rings. The van der Waals surface area contributed by atoms with Crippen molar-refractivity contribution in [2.75, 3.05) is 12.8 Å². The van der Waals surface area contributed by atoms with E-state index in [2.05, 4.69) is 15.1 Å². The topological polar surface area (TPSA) is 69.6 Å². The Morgan fingerprint density at radius 1 is 1.43 bits per heavy atom. The smallest absolute Gasteiger partial charge is 0.504 e. The van der Waals surface area contributed by atoms with E-state index in [-0.39, 0.29) is 27.3 Å². The van der Waals surface area contributed by atoms with Gasteiger partial charge in [-0.15, -0.1) is 24.9 Å². The SMILES string of the molecule is CSC1CCCC[N+]1([O-])c1nc(-c2cnn(C(F)(F)F)c2)c[nH]1. The molecule has 0 aromatic carbocycles. The Balaban J connectivity index is 1.89. The Kier molecular flexibility index (Phi) is 4.15. The summed E-state index contributed by atoms with van der Waals surface area (Å²) in [5, 5.41) is 16.2. The second-order valence-corrected chi connectivity index (χ2v) is 6.47. The van der Waals surface area contributed by atoms with Crippen LogP contribution in [0.3, 0.4) is 0 Å².